The van der Waals surface area contributed by atoms with Crippen LogP contribution < -0.4 is 0 Å². The molecule has 0 unspecified atom stereocenters. The summed E-state index contributed by atoms with van der Waals surface area (Å²) in [6.07, 6.45) is 4.90. The molecule has 0 bridgehead atoms. The Morgan fingerprint density at radius 1 is 1.04 bits per heavy atom. The van der Waals surface area contributed by atoms with Crippen LogP contribution in [0.5, 0.6) is 0 Å². The van der Waals surface area contributed by atoms with Crippen LogP contribution >= 0.6 is 0 Å². The zero-order valence-corrected chi connectivity index (χ0v) is 16.0. The van der Waals surface area contributed by atoms with Gasteiger partial charge in [0.25, 0.3) is 0 Å². The van der Waals surface area contributed by atoms with Crippen LogP contribution in [-0.2, 0) is 13.0 Å². The van der Waals surface area contributed by atoms with Crippen molar-refractivity contribution < 1.29 is 4.39 Å². The highest BCUT2D eigenvalue weighted by Gasteiger charge is 2.15. The normalized spacial score (nSPS) is 15.5. The first-order chi connectivity index (χ1) is 12.1. The Balaban J connectivity index is 0.000000186. The van der Waals surface area contributed by atoms with Crippen LogP contribution in [0.15, 0.2) is 48.5 Å². The van der Waals surface area contributed by atoms with E-state index in [1.165, 1.54) is 43.1 Å². The van der Waals surface area contributed by atoms with Gasteiger partial charge in [-0.3, -0.25) is 4.90 Å². The van der Waals surface area contributed by atoms with Crippen LogP contribution in [0, 0.1) is 18.7 Å². The van der Waals surface area contributed by atoms with Crippen molar-refractivity contribution in [2.75, 3.05) is 13.1 Å². The van der Waals surface area contributed by atoms with Crippen molar-refractivity contribution in [1.82, 2.24) is 4.90 Å². The monoisotopic (exact) mass is 341 g/mol. The fraction of sp³-hybridized carbons (Fsp3) is 0.478. The lowest BCUT2D eigenvalue weighted by molar-refractivity contribution is 0.185. The maximum atomic E-state index is 12.6. The highest BCUT2D eigenvalue weighted by molar-refractivity contribution is 5.26. The van der Waals surface area contributed by atoms with E-state index >= 15 is 0 Å². The third-order valence-electron chi connectivity index (χ3n) is 4.95. The van der Waals surface area contributed by atoms with Gasteiger partial charge in [0.1, 0.15) is 5.82 Å². The van der Waals surface area contributed by atoms with Crippen LogP contribution in [-0.4, -0.2) is 18.0 Å². The molecule has 0 saturated carbocycles. The topological polar surface area (TPSA) is 3.24 Å². The number of benzene rings is 2. The molecule has 2 aromatic carbocycles. The zero-order valence-electron chi connectivity index (χ0n) is 16.0. The molecule has 0 radical (unpaired) electrons. The van der Waals surface area contributed by atoms with E-state index in [0.29, 0.717) is 0 Å². The number of nitrogens with zero attached hydrogens (tertiary/aromatic N) is 1. The van der Waals surface area contributed by atoms with Crippen molar-refractivity contribution in [2.24, 2.45) is 5.92 Å². The Kier molecular flexibility index (Phi) is 8.14. The Labute approximate surface area is 152 Å². The van der Waals surface area contributed by atoms with Crippen molar-refractivity contribution in [2.45, 2.75) is 53.0 Å². The van der Waals surface area contributed by atoms with E-state index in [1.54, 1.807) is 6.07 Å². The first-order valence-corrected chi connectivity index (χ1v) is 9.59. The molecule has 1 fully saturated rings. The van der Waals surface area contributed by atoms with Gasteiger partial charge in [-0.2, -0.15) is 0 Å². The predicted octanol–water partition coefficient (Wildman–Crippen LogP) is 6.01. The molecule has 25 heavy (non-hydrogen) atoms. The Hall–Kier alpha value is -1.67. The summed E-state index contributed by atoms with van der Waals surface area (Å²) in [5, 5.41) is 0. The number of rotatable bonds is 4. The molecule has 2 aromatic rings. The minimum atomic E-state index is -0.137. The number of likely N-dealkylation sites (tertiary alicyclic amines) is 1. The van der Waals surface area contributed by atoms with Gasteiger partial charge in [0.05, 0.1) is 0 Å². The smallest absolute Gasteiger partial charge is 0.123 e. The maximum absolute atomic E-state index is 12.6. The number of aryl methyl sites for hydroxylation is 2. The molecule has 3 rings (SSSR count). The van der Waals surface area contributed by atoms with E-state index in [-0.39, 0.29) is 5.82 Å². The van der Waals surface area contributed by atoms with Gasteiger partial charge in [0, 0.05) is 6.54 Å². The zero-order chi connectivity index (χ0) is 18.1. The lowest BCUT2D eigenvalue weighted by Gasteiger charge is -2.30. The maximum Gasteiger partial charge on any atom is 0.123 e. The summed E-state index contributed by atoms with van der Waals surface area (Å²) in [6, 6.07) is 15.8. The van der Waals surface area contributed by atoms with Crippen molar-refractivity contribution in [3.05, 3.63) is 71.0 Å². The molecule has 1 aliphatic rings. The van der Waals surface area contributed by atoms with Crippen LogP contribution in [0.3, 0.4) is 0 Å². The van der Waals surface area contributed by atoms with Crippen molar-refractivity contribution in [1.29, 1.82) is 0 Å². The summed E-state index contributed by atoms with van der Waals surface area (Å²) < 4.78 is 12.6. The van der Waals surface area contributed by atoms with Gasteiger partial charge in [0.2, 0.25) is 0 Å². The third kappa shape index (κ3) is 6.99. The molecule has 0 amide bonds. The Morgan fingerprint density at radius 3 is 2.32 bits per heavy atom. The lowest BCUT2D eigenvalue weighted by Crippen LogP contribution is -2.32. The van der Waals surface area contributed by atoms with Crippen LogP contribution in [0.25, 0.3) is 0 Å². The molecule has 1 saturated heterocycles. The second kappa shape index (κ2) is 10.4. The Morgan fingerprint density at radius 2 is 1.72 bits per heavy atom. The molecule has 1 aliphatic heterocycles. The quantitative estimate of drug-likeness (QED) is 0.658. The second-order valence-corrected chi connectivity index (χ2v) is 7.27. The number of halogens is 1. The van der Waals surface area contributed by atoms with Gasteiger partial charge in [-0.15, -0.1) is 0 Å². The molecular formula is C23H32FN. The molecule has 1 heterocycles. The average molecular weight is 342 g/mol. The highest BCUT2D eigenvalue weighted by Crippen LogP contribution is 2.17. The van der Waals surface area contributed by atoms with E-state index < -0.39 is 0 Å². The average Bonchev–Trinajstić information content (AvgIpc) is 2.61. The summed E-state index contributed by atoms with van der Waals surface area (Å²) in [6.45, 7) is 10.1. The van der Waals surface area contributed by atoms with E-state index in [9.17, 15) is 4.39 Å². The molecule has 0 N–H and O–H groups in total. The number of hydrogen-bond acceptors (Lipinski definition) is 1. The SMILES string of the molecule is CC1CCN(Cc2ccccc2)CC1.CCCc1ccc(F)cc1C. The summed E-state index contributed by atoms with van der Waals surface area (Å²) in [4.78, 5) is 2.56. The van der Waals surface area contributed by atoms with Crippen LogP contribution in [0.4, 0.5) is 4.39 Å². The van der Waals surface area contributed by atoms with Gasteiger partial charge < -0.3 is 0 Å². The van der Waals surface area contributed by atoms with Crippen LogP contribution in [0.2, 0.25) is 0 Å². The van der Waals surface area contributed by atoms with E-state index in [1.807, 2.05) is 13.0 Å². The van der Waals surface area contributed by atoms with E-state index in [4.69, 9.17) is 0 Å². The molecule has 0 aliphatic carbocycles. The van der Waals surface area contributed by atoms with Crippen molar-refractivity contribution in [3.63, 3.8) is 0 Å². The van der Waals surface area contributed by atoms with Crippen LogP contribution in [0.1, 0.15) is 49.8 Å². The summed E-state index contributed by atoms with van der Waals surface area (Å²) in [5.41, 5.74) is 3.77. The molecule has 136 valence electrons. The largest absolute Gasteiger partial charge is 0.299 e. The fourth-order valence-electron chi connectivity index (χ4n) is 3.27. The second-order valence-electron chi connectivity index (χ2n) is 7.27. The fourth-order valence-corrected chi connectivity index (χ4v) is 3.27. The molecule has 1 nitrogen and oxygen atoms in total. The summed E-state index contributed by atoms with van der Waals surface area (Å²) >= 11 is 0. The number of hydrogen-bond donors (Lipinski definition) is 0. The minimum absolute atomic E-state index is 0.137. The molecule has 2 heteroatoms. The van der Waals surface area contributed by atoms with Gasteiger partial charge in [-0.25, -0.2) is 4.39 Å². The minimum Gasteiger partial charge on any atom is -0.299 e. The number of piperidine rings is 1. The van der Waals surface area contributed by atoms with Crippen molar-refractivity contribution >= 4 is 0 Å². The van der Waals surface area contributed by atoms with Crippen molar-refractivity contribution in [3.8, 4) is 0 Å². The summed E-state index contributed by atoms with van der Waals surface area (Å²) in [5.74, 6) is 0.796. The molecular weight excluding hydrogens is 309 g/mol. The first kappa shape index (κ1) is 19.7. The molecule has 0 atom stereocenters. The van der Waals surface area contributed by atoms with Gasteiger partial charge in [-0.1, -0.05) is 56.7 Å². The van der Waals surface area contributed by atoms with Gasteiger partial charge in [-0.05, 0) is 74.0 Å². The van der Waals surface area contributed by atoms with E-state index in [2.05, 4.69) is 49.1 Å². The van der Waals surface area contributed by atoms with Gasteiger partial charge in [0.15, 0.2) is 0 Å². The molecule has 0 aromatic heterocycles. The first-order valence-electron chi connectivity index (χ1n) is 9.59. The highest BCUT2D eigenvalue weighted by atomic mass is 19.1. The van der Waals surface area contributed by atoms with E-state index in [0.717, 1.165) is 30.9 Å². The predicted molar refractivity (Wildman–Crippen MR) is 105 cm³/mol. The lowest BCUT2D eigenvalue weighted by atomic mass is 9.99. The standard InChI is InChI=1S/C13H19N.C10H13F/c1-12-7-9-14(10-8-12)11-13-5-3-2-4-6-13;1-3-4-9-5-6-10(11)7-8(9)2/h2-6,12H,7-11H2,1H3;5-7H,3-4H2,1-2H3. The molecule has 0 spiro atoms. The third-order valence-corrected chi connectivity index (χ3v) is 4.95. The van der Waals surface area contributed by atoms with Gasteiger partial charge >= 0.3 is 0 Å². The Bertz CT molecular complexity index is 615. The summed E-state index contributed by atoms with van der Waals surface area (Å²) in [7, 11) is 0.